The smallest absolute Gasteiger partial charge is 0.410 e. The number of halogens is 2. The molecule has 0 N–H and O–H groups in total. The molecule has 5 nitrogen and oxygen atoms in total. The van der Waals surface area contributed by atoms with E-state index >= 15 is 0 Å². The molecule has 0 spiro atoms. The molecule has 1 aliphatic rings. The molecule has 0 atom stereocenters. The number of aromatic nitrogens is 1. The van der Waals surface area contributed by atoms with Gasteiger partial charge in [0, 0.05) is 24.6 Å². The fourth-order valence-corrected chi connectivity index (χ4v) is 3.71. The van der Waals surface area contributed by atoms with Crippen LogP contribution < -0.4 is 0 Å². The number of hydrogen-bond acceptors (Lipinski definition) is 4. The van der Waals surface area contributed by atoms with Gasteiger partial charge in [0.2, 0.25) is 0 Å². The molecule has 1 saturated heterocycles. The van der Waals surface area contributed by atoms with Crippen LogP contribution in [-0.2, 0) is 4.74 Å². The number of rotatable bonds is 4. The molecule has 2 heterocycles. The standard InChI is InChI=1S/C23H24F2N2O3/c1-14(2)29-23(28)27-11-9-17(10-12-27)22-26-19-13-18(7-8-20(19)30-22)15-3-5-16(6-4-15)21(24)25/h3-8,13-14,17,21H,9-12H2,1-2H3. The molecular formula is C23H24F2N2O3. The van der Waals surface area contributed by atoms with Crippen LogP contribution in [0.5, 0.6) is 0 Å². The van der Waals surface area contributed by atoms with Crippen molar-refractivity contribution in [1.29, 1.82) is 0 Å². The minimum absolute atomic E-state index is 0.00664. The maximum atomic E-state index is 12.8. The predicted molar refractivity (Wildman–Crippen MR) is 110 cm³/mol. The van der Waals surface area contributed by atoms with E-state index in [1.807, 2.05) is 32.0 Å². The van der Waals surface area contributed by atoms with Crippen molar-refractivity contribution in [2.75, 3.05) is 13.1 Å². The SMILES string of the molecule is CC(C)OC(=O)N1CCC(c2nc3cc(-c4ccc(C(F)F)cc4)ccc3o2)CC1. The first-order valence-electron chi connectivity index (χ1n) is 10.1. The van der Waals surface area contributed by atoms with Crippen LogP contribution in [-0.4, -0.2) is 35.2 Å². The summed E-state index contributed by atoms with van der Waals surface area (Å²) in [7, 11) is 0. The molecule has 0 saturated carbocycles. The van der Waals surface area contributed by atoms with E-state index in [0.717, 1.165) is 29.5 Å². The summed E-state index contributed by atoms with van der Waals surface area (Å²) in [6.45, 7) is 4.89. The molecule has 1 fully saturated rings. The van der Waals surface area contributed by atoms with E-state index in [-0.39, 0.29) is 23.7 Å². The highest BCUT2D eigenvalue weighted by atomic mass is 19.3. The third-order valence-electron chi connectivity index (χ3n) is 5.34. The maximum absolute atomic E-state index is 12.8. The van der Waals surface area contributed by atoms with Gasteiger partial charge in [0.25, 0.3) is 6.43 Å². The lowest BCUT2D eigenvalue weighted by Gasteiger charge is -2.30. The predicted octanol–water partition coefficient (Wildman–Crippen LogP) is 6.16. The van der Waals surface area contributed by atoms with Gasteiger partial charge < -0.3 is 14.1 Å². The topological polar surface area (TPSA) is 55.6 Å². The van der Waals surface area contributed by atoms with Crippen LogP contribution >= 0.6 is 0 Å². The lowest BCUT2D eigenvalue weighted by atomic mass is 9.97. The first kappa shape index (κ1) is 20.3. The minimum Gasteiger partial charge on any atom is -0.447 e. The molecule has 1 aromatic heterocycles. The Morgan fingerprint density at radius 1 is 1.10 bits per heavy atom. The van der Waals surface area contributed by atoms with E-state index in [4.69, 9.17) is 9.15 Å². The van der Waals surface area contributed by atoms with Crippen LogP contribution in [0.15, 0.2) is 46.9 Å². The summed E-state index contributed by atoms with van der Waals surface area (Å²) >= 11 is 0. The summed E-state index contributed by atoms with van der Waals surface area (Å²) in [5.41, 5.74) is 3.19. The van der Waals surface area contributed by atoms with Gasteiger partial charge >= 0.3 is 6.09 Å². The third-order valence-corrected chi connectivity index (χ3v) is 5.34. The number of piperidine rings is 1. The first-order chi connectivity index (χ1) is 14.4. The molecule has 2 aromatic carbocycles. The lowest BCUT2D eigenvalue weighted by molar-refractivity contribution is 0.0681. The van der Waals surface area contributed by atoms with Crippen LogP contribution in [0, 0.1) is 0 Å². The summed E-state index contributed by atoms with van der Waals surface area (Å²) in [5, 5.41) is 0. The molecule has 0 aliphatic carbocycles. The van der Waals surface area contributed by atoms with Crippen molar-refractivity contribution in [3.05, 3.63) is 53.9 Å². The van der Waals surface area contributed by atoms with Crippen molar-refractivity contribution in [2.45, 2.75) is 45.1 Å². The van der Waals surface area contributed by atoms with Crippen molar-refractivity contribution in [3.63, 3.8) is 0 Å². The van der Waals surface area contributed by atoms with Crippen LogP contribution in [0.4, 0.5) is 13.6 Å². The van der Waals surface area contributed by atoms with Gasteiger partial charge in [-0.15, -0.1) is 0 Å². The number of carbonyl (C=O) groups excluding carboxylic acids is 1. The Morgan fingerprint density at radius 3 is 2.40 bits per heavy atom. The fourth-order valence-electron chi connectivity index (χ4n) is 3.71. The number of amides is 1. The Morgan fingerprint density at radius 2 is 1.77 bits per heavy atom. The highest BCUT2D eigenvalue weighted by Crippen LogP contribution is 2.32. The second-order valence-electron chi connectivity index (χ2n) is 7.85. The van der Waals surface area contributed by atoms with Crippen LogP contribution in [0.1, 0.15) is 50.5 Å². The van der Waals surface area contributed by atoms with Gasteiger partial charge in [0.15, 0.2) is 11.5 Å². The van der Waals surface area contributed by atoms with Gasteiger partial charge in [-0.05, 0) is 49.9 Å². The summed E-state index contributed by atoms with van der Waals surface area (Å²) < 4.78 is 36.7. The largest absolute Gasteiger partial charge is 0.447 e. The number of alkyl halides is 2. The quantitative estimate of drug-likeness (QED) is 0.513. The Balaban J connectivity index is 1.47. The highest BCUT2D eigenvalue weighted by molar-refractivity contribution is 5.80. The normalized spacial score (nSPS) is 15.3. The molecule has 0 bridgehead atoms. The number of ether oxygens (including phenoxy) is 1. The van der Waals surface area contributed by atoms with Crippen molar-refractivity contribution in [2.24, 2.45) is 0 Å². The molecule has 158 valence electrons. The van der Waals surface area contributed by atoms with E-state index in [0.29, 0.717) is 24.6 Å². The summed E-state index contributed by atoms with van der Waals surface area (Å²) in [6, 6.07) is 11.9. The van der Waals surface area contributed by atoms with Gasteiger partial charge in [-0.2, -0.15) is 0 Å². The van der Waals surface area contributed by atoms with E-state index in [2.05, 4.69) is 4.98 Å². The Labute approximate surface area is 173 Å². The molecule has 3 aromatic rings. The zero-order chi connectivity index (χ0) is 21.3. The van der Waals surface area contributed by atoms with Crippen molar-refractivity contribution in [3.8, 4) is 11.1 Å². The van der Waals surface area contributed by atoms with E-state index in [1.165, 1.54) is 12.1 Å². The highest BCUT2D eigenvalue weighted by Gasteiger charge is 2.28. The molecular weight excluding hydrogens is 390 g/mol. The van der Waals surface area contributed by atoms with Gasteiger partial charge in [0.1, 0.15) is 5.52 Å². The van der Waals surface area contributed by atoms with Gasteiger partial charge in [-0.1, -0.05) is 30.3 Å². The second kappa shape index (κ2) is 8.42. The molecule has 1 amide bonds. The number of nitrogens with zero attached hydrogens (tertiary/aromatic N) is 2. The zero-order valence-electron chi connectivity index (χ0n) is 17.0. The summed E-state index contributed by atoms with van der Waals surface area (Å²) in [5.74, 6) is 0.821. The van der Waals surface area contributed by atoms with Crippen LogP contribution in [0.3, 0.4) is 0 Å². The van der Waals surface area contributed by atoms with Crippen molar-refractivity contribution < 1.29 is 22.7 Å². The van der Waals surface area contributed by atoms with E-state index in [9.17, 15) is 13.6 Å². The Kier molecular flexibility index (Phi) is 5.70. The Hall–Kier alpha value is -2.96. The third kappa shape index (κ3) is 4.30. The average molecular weight is 414 g/mol. The number of fused-ring (bicyclic) bond motifs is 1. The molecule has 0 unspecified atom stereocenters. The molecule has 0 radical (unpaired) electrons. The van der Waals surface area contributed by atoms with Gasteiger partial charge in [-0.25, -0.2) is 18.6 Å². The van der Waals surface area contributed by atoms with Gasteiger partial charge in [0.05, 0.1) is 6.10 Å². The molecule has 4 rings (SSSR count). The van der Waals surface area contributed by atoms with Crippen LogP contribution in [0.25, 0.3) is 22.2 Å². The second-order valence-corrected chi connectivity index (χ2v) is 7.85. The monoisotopic (exact) mass is 414 g/mol. The van der Waals surface area contributed by atoms with Gasteiger partial charge in [-0.3, -0.25) is 0 Å². The number of oxazole rings is 1. The minimum atomic E-state index is -2.47. The molecule has 30 heavy (non-hydrogen) atoms. The fraction of sp³-hybridized carbons (Fsp3) is 0.391. The van der Waals surface area contributed by atoms with Crippen LogP contribution in [0.2, 0.25) is 0 Å². The van der Waals surface area contributed by atoms with E-state index in [1.54, 1.807) is 17.0 Å². The number of carbonyl (C=O) groups is 1. The van der Waals surface area contributed by atoms with E-state index < -0.39 is 6.43 Å². The molecule has 7 heteroatoms. The molecule has 1 aliphatic heterocycles. The number of likely N-dealkylation sites (tertiary alicyclic amines) is 1. The number of benzene rings is 2. The maximum Gasteiger partial charge on any atom is 0.410 e. The van der Waals surface area contributed by atoms with Crippen molar-refractivity contribution >= 4 is 17.2 Å². The zero-order valence-corrected chi connectivity index (χ0v) is 17.0. The first-order valence-corrected chi connectivity index (χ1v) is 10.1. The summed E-state index contributed by atoms with van der Waals surface area (Å²) in [6.07, 6.45) is -1.35. The summed E-state index contributed by atoms with van der Waals surface area (Å²) in [4.78, 5) is 18.4. The lowest BCUT2D eigenvalue weighted by Crippen LogP contribution is -2.39. The average Bonchev–Trinajstić information content (AvgIpc) is 3.17. The number of hydrogen-bond donors (Lipinski definition) is 0. The Bertz CT molecular complexity index is 1020. The van der Waals surface area contributed by atoms with Crippen molar-refractivity contribution in [1.82, 2.24) is 9.88 Å².